The Balaban J connectivity index is 1.52. The second-order valence-corrected chi connectivity index (χ2v) is 8.22. The number of rotatable bonds is 7. The van der Waals surface area contributed by atoms with E-state index in [1.54, 1.807) is 17.6 Å². The molecule has 28 heavy (non-hydrogen) atoms. The number of anilines is 1. The highest BCUT2D eigenvalue weighted by molar-refractivity contribution is 7.15. The lowest BCUT2D eigenvalue weighted by Gasteiger charge is -2.21. The van der Waals surface area contributed by atoms with Gasteiger partial charge in [-0.2, -0.15) is 0 Å². The van der Waals surface area contributed by atoms with Crippen LogP contribution in [-0.4, -0.2) is 17.4 Å². The van der Waals surface area contributed by atoms with Gasteiger partial charge in [-0.25, -0.2) is 4.98 Å². The van der Waals surface area contributed by atoms with E-state index < -0.39 is 0 Å². The van der Waals surface area contributed by atoms with Crippen LogP contribution >= 0.6 is 11.3 Å². The van der Waals surface area contributed by atoms with Gasteiger partial charge in [0.15, 0.2) is 5.13 Å². The third kappa shape index (κ3) is 4.34. The van der Waals surface area contributed by atoms with Crippen molar-refractivity contribution in [2.24, 2.45) is 0 Å². The molecule has 1 atom stereocenters. The predicted molar refractivity (Wildman–Crippen MR) is 112 cm³/mol. The van der Waals surface area contributed by atoms with Crippen molar-refractivity contribution < 1.29 is 9.21 Å². The minimum absolute atomic E-state index is 0.0216. The van der Waals surface area contributed by atoms with Crippen LogP contribution in [0.3, 0.4) is 0 Å². The molecular weight excluding hydrogens is 370 g/mol. The van der Waals surface area contributed by atoms with Crippen LogP contribution < -0.4 is 10.2 Å². The molecule has 0 unspecified atom stereocenters. The SMILES string of the molecule is C[C@@H](NCC(=O)N(Cc1ccccc1)c1nc2c(s1)CCCC2)c1ccco1. The molecule has 0 aliphatic heterocycles. The molecule has 146 valence electrons. The Labute approximate surface area is 169 Å². The summed E-state index contributed by atoms with van der Waals surface area (Å²) in [6.45, 7) is 2.76. The van der Waals surface area contributed by atoms with Crippen molar-refractivity contribution in [3.05, 3.63) is 70.6 Å². The van der Waals surface area contributed by atoms with Gasteiger partial charge in [-0.3, -0.25) is 15.0 Å². The zero-order valence-corrected chi connectivity index (χ0v) is 16.9. The first-order chi connectivity index (χ1) is 13.7. The van der Waals surface area contributed by atoms with E-state index in [2.05, 4.69) is 5.32 Å². The van der Waals surface area contributed by atoms with Crippen LogP contribution in [0.15, 0.2) is 53.1 Å². The molecule has 6 heteroatoms. The zero-order chi connectivity index (χ0) is 19.3. The van der Waals surface area contributed by atoms with Crippen LogP contribution in [0, 0.1) is 0 Å². The van der Waals surface area contributed by atoms with E-state index in [1.807, 2.05) is 54.3 Å². The first-order valence-corrected chi connectivity index (χ1v) is 10.6. The van der Waals surface area contributed by atoms with Crippen molar-refractivity contribution in [1.29, 1.82) is 0 Å². The zero-order valence-electron chi connectivity index (χ0n) is 16.1. The van der Waals surface area contributed by atoms with E-state index >= 15 is 0 Å². The van der Waals surface area contributed by atoms with Crippen LogP contribution in [0.2, 0.25) is 0 Å². The quantitative estimate of drug-likeness (QED) is 0.640. The van der Waals surface area contributed by atoms with Crippen LogP contribution in [0.4, 0.5) is 5.13 Å². The van der Waals surface area contributed by atoms with Gasteiger partial charge in [-0.15, -0.1) is 11.3 Å². The normalized spacial score (nSPS) is 14.5. The molecule has 5 nitrogen and oxygen atoms in total. The predicted octanol–water partition coefficient (Wildman–Crippen LogP) is 4.50. The Bertz CT molecular complexity index is 882. The minimum Gasteiger partial charge on any atom is -0.468 e. The van der Waals surface area contributed by atoms with Crippen LogP contribution in [0.1, 0.15) is 47.7 Å². The number of amides is 1. The van der Waals surface area contributed by atoms with E-state index in [4.69, 9.17) is 9.40 Å². The number of nitrogens with zero attached hydrogens (tertiary/aromatic N) is 2. The fourth-order valence-corrected chi connectivity index (χ4v) is 4.62. The van der Waals surface area contributed by atoms with Gasteiger partial charge in [0, 0.05) is 4.88 Å². The highest BCUT2D eigenvalue weighted by atomic mass is 32.1. The Morgan fingerprint density at radius 2 is 2.04 bits per heavy atom. The molecule has 0 bridgehead atoms. The number of aryl methyl sites for hydroxylation is 2. The van der Waals surface area contributed by atoms with Crippen LogP contribution in [0.25, 0.3) is 0 Å². The van der Waals surface area contributed by atoms with Crippen LogP contribution in [0.5, 0.6) is 0 Å². The molecule has 0 fully saturated rings. The van der Waals surface area contributed by atoms with Crippen LogP contribution in [-0.2, 0) is 24.2 Å². The summed E-state index contributed by atoms with van der Waals surface area (Å²) in [5.74, 6) is 0.848. The maximum atomic E-state index is 13.1. The van der Waals surface area contributed by atoms with Gasteiger partial charge in [0.25, 0.3) is 0 Å². The number of carbonyl (C=O) groups excluding carboxylic acids is 1. The summed E-state index contributed by atoms with van der Waals surface area (Å²) >= 11 is 1.67. The van der Waals surface area contributed by atoms with E-state index in [9.17, 15) is 4.79 Å². The van der Waals surface area contributed by atoms with E-state index in [0.717, 1.165) is 29.3 Å². The average Bonchev–Trinajstić information content (AvgIpc) is 3.40. The first-order valence-electron chi connectivity index (χ1n) is 9.80. The molecule has 2 aromatic heterocycles. The fraction of sp³-hybridized carbons (Fsp3) is 0.364. The number of thiazole rings is 1. The topological polar surface area (TPSA) is 58.4 Å². The van der Waals surface area contributed by atoms with E-state index in [-0.39, 0.29) is 18.5 Å². The second-order valence-electron chi connectivity index (χ2n) is 7.16. The number of benzene rings is 1. The Morgan fingerprint density at radius 1 is 1.21 bits per heavy atom. The number of carbonyl (C=O) groups is 1. The maximum Gasteiger partial charge on any atom is 0.243 e. The van der Waals surface area contributed by atoms with Gasteiger partial charge in [0.2, 0.25) is 5.91 Å². The molecule has 2 heterocycles. The summed E-state index contributed by atoms with van der Waals surface area (Å²) in [7, 11) is 0. The lowest BCUT2D eigenvalue weighted by atomic mass is 10.0. The molecular formula is C22H25N3O2S. The summed E-state index contributed by atoms with van der Waals surface area (Å²) in [4.78, 5) is 21.1. The molecule has 0 saturated carbocycles. The Morgan fingerprint density at radius 3 is 2.79 bits per heavy atom. The summed E-state index contributed by atoms with van der Waals surface area (Å²) in [5, 5.41) is 4.09. The molecule has 0 spiro atoms. The maximum absolute atomic E-state index is 13.1. The highest BCUT2D eigenvalue weighted by Crippen LogP contribution is 2.32. The standard InChI is InChI=1S/C22H25N3O2S/c1-16(19-11-7-13-27-19)23-14-21(26)25(15-17-8-3-2-4-9-17)22-24-18-10-5-6-12-20(18)28-22/h2-4,7-9,11,13,16,23H,5-6,10,12,14-15H2,1H3/t16-/m1/s1. The fourth-order valence-electron chi connectivity index (χ4n) is 3.46. The number of aromatic nitrogens is 1. The van der Waals surface area contributed by atoms with Crippen molar-refractivity contribution in [3.8, 4) is 0 Å². The average molecular weight is 396 g/mol. The second kappa shape index (κ2) is 8.71. The molecule has 1 aliphatic carbocycles. The molecule has 1 aliphatic rings. The molecule has 4 rings (SSSR count). The molecule has 0 radical (unpaired) electrons. The van der Waals surface area contributed by atoms with E-state index in [1.165, 1.54) is 23.4 Å². The number of hydrogen-bond donors (Lipinski definition) is 1. The summed E-state index contributed by atoms with van der Waals surface area (Å²) < 4.78 is 5.43. The number of fused-ring (bicyclic) bond motifs is 1. The smallest absolute Gasteiger partial charge is 0.243 e. The van der Waals surface area contributed by atoms with Crippen molar-refractivity contribution in [2.45, 2.75) is 45.2 Å². The third-order valence-electron chi connectivity index (χ3n) is 5.08. The van der Waals surface area contributed by atoms with Crippen molar-refractivity contribution >= 4 is 22.4 Å². The third-order valence-corrected chi connectivity index (χ3v) is 6.26. The summed E-state index contributed by atoms with van der Waals surface area (Å²) in [6.07, 6.45) is 6.15. The lowest BCUT2D eigenvalue weighted by Crippen LogP contribution is -2.38. The molecule has 0 saturated heterocycles. The summed E-state index contributed by atoms with van der Waals surface area (Å²) in [5.41, 5.74) is 2.28. The number of furan rings is 1. The van der Waals surface area contributed by atoms with Crippen molar-refractivity contribution in [1.82, 2.24) is 10.3 Å². The number of nitrogens with one attached hydrogen (secondary N) is 1. The van der Waals surface area contributed by atoms with Crippen molar-refractivity contribution in [3.63, 3.8) is 0 Å². The van der Waals surface area contributed by atoms with E-state index in [0.29, 0.717) is 6.54 Å². The monoisotopic (exact) mass is 395 g/mol. The number of hydrogen-bond acceptors (Lipinski definition) is 5. The molecule has 1 aromatic carbocycles. The molecule has 1 N–H and O–H groups in total. The van der Waals surface area contributed by atoms with Crippen molar-refractivity contribution in [2.75, 3.05) is 11.4 Å². The largest absolute Gasteiger partial charge is 0.468 e. The lowest BCUT2D eigenvalue weighted by molar-refractivity contribution is -0.118. The highest BCUT2D eigenvalue weighted by Gasteiger charge is 2.24. The first kappa shape index (κ1) is 18.9. The van der Waals surface area contributed by atoms with Gasteiger partial charge in [-0.05, 0) is 50.3 Å². The van der Waals surface area contributed by atoms with Gasteiger partial charge < -0.3 is 4.42 Å². The van der Waals surface area contributed by atoms with Gasteiger partial charge >= 0.3 is 0 Å². The minimum atomic E-state index is -0.0259. The summed E-state index contributed by atoms with van der Waals surface area (Å²) in [6, 6.07) is 13.8. The van der Waals surface area contributed by atoms with Gasteiger partial charge in [0.05, 0.1) is 31.1 Å². The molecule has 3 aromatic rings. The Hall–Kier alpha value is -2.44. The molecule has 1 amide bonds. The van der Waals surface area contributed by atoms with Gasteiger partial charge in [0.1, 0.15) is 5.76 Å². The van der Waals surface area contributed by atoms with Gasteiger partial charge in [-0.1, -0.05) is 30.3 Å². The Kier molecular flexibility index (Phi) is 5.88.